The van der Waals surface area contributed by atoms with Crippen LogP contribution in [0.15, 0.2) is 24.3 Å². The van der Waals surface area contributed by atoms with Crippen LogP contribution in [0.4, 0.5) is 5.69 Å². The molecule has 0 atom stereocenters. The molecule has 86 valence electrons. The van der Waals surface area contributed by atoms with Gasteiger partial charge in [0.15, 0.2) is 0 Å². The molecule has 1 aromatic rings. The maximum absolute atomic E-state index is 10.8. The molecule has 1 aliphatic rings. The first kappa shape index (κ1) is 11.0. The van der Waals surface area contributed by atoms with Gasteiger partial charge < -0.3 is 10.4 Å². The molecule has 0 aliphatic heterocycles. The number of nitrogens with one attached hydrogen (secondary N) is 1. The normalized spacial score (nSPS) is 16.2. The van der Waals surface area contributed by atoms with Crippen LogP contribution in [-0.4, -0.2) is 17.6 Å². The van der Waals surface area contributed by atoms with Gasteiger partial charge in [0.1, 0.15) is 0 Å². The maximum atomic E-state index is 10.8. The third-order valence-corrected chi connectivity index (χ3v) is 3.18. The predicted octanol–water partition coefficient (Wildman–Crippen LogP) is 2.99. The van der Waals surface area contributed by atoms with Gasteiger partial charge in [0, 0.05) is 12.2 Å². The molecule has 0 bridgehead atoms. The maximum Gasteiger partial charge on any atom is 0.335 e. The summed E-state index contributed by atoms with van der Waals surface area (Å²) >= 11 is 0. The van der Waals surface area contributed by atoms with Gasteiger partial charge in [-0.15, -0.1) is 0 Å². The Balaban J connectivity index is 1.93. The van der Waals surface area contributed by atoms with Crippen LogP contribution in [0.3, 0.4) is 0 Å². The van der Waals surface area contributed by atoms with Gasteiger partial charge in [-0.3, -0.25) is 0 Å². The van der Waals surface area contributed by atoms with E-state index in [0.29, 0.717) is 5.56 Å². The molecule has 1 aromatic carbocycles. The third kappa shape index (κ3) is 2.75. The van der Waals surface area contributed by atoms with E-state index in [9.17, 15) is 4.79 Å². The van der Waals surface area contributed by atoms with Crippen molar-refractivity contribution in [2.24, 2.45) is 5.92 Å². The van der Waals surface area contributed by atoms with Gasteiger partial charge in [-0.25, -0.2) is 4.79 Å². The molecule has 1 aliphatic carbocycles. The number of hydrogen-bond acceptors (Lipinski definition) is 2. The van der Waals surface area contributed by atoms with Crippen LogP contribution in [0.2, 0.25) is 0 Å². The summed E-state index contributed by atoms with van der Waals surface area (Å²) in [4.78, 5) is 10.8. The molecule has 16 heavy (non-hydrogen) atoms. The van der Waals surface area contributed by atoms with Crippen LogP contribution in [0.1, 0.15) is 36.0 Å². The molecule has 3 nitrogen and oxygen atoms in total. The van der Waals surface area contributed by atoms with E-state index in [1.165, 1.54) is 25.7 Å². The van der Waals surface area contributed by atoms with Crippen molar-refractivity contribution in [1.82, 2.24) is 0 Å². The summed E-state index contributed by atoms with van der Waals surface area (Å²) in [5.41, 5.74) is 1.25. The van der Waals surface area contributed by atoms with Crippen molar-refractivity contribution >= 4 is 11.7 Å². The predicted molar refractivity (Wildman–Crippen MR) is 63.8 cm³/mol. The van der Waals surface area contributed by atoms with E-state index < -0.39 is 5.97 Å². The van der Waals surface area contributed by atoms with E-state index in [1.54, 1.807) is 18.2 Å². The number of benzene rings is 1. The molecule has 3 heteroatoms. The van der Waals surface area contributed by atoms with Crippen molar-refractivity contribution < 1.29 is 9.90 Å². The van der Waals surface area contributed by atoms with Crippen LogP contribution >= 0.6 is 0 Å². The van der Waals surface area contributed by atoms with Crippen LogP contribution in [0.5, 0.6) is 0 Å². The molecule has 1 saturated carbocycles. The Bertz CT molecular complexity index is 370. The van der Waals surface area contributed by atoms with Crippen molar-refractivity contribution in [2.75, 3.05) is 11.9 Å². The minimum Gasteiger partial charge on any atom is -0.478 e. The zero-order valence-electron chi connectivity index (χ0n) is 9.28. The minimum atomic E-state index is -0.871. The lowest BCUT2D eigenvalue weighted by molar-refractivity contribution is 0.0697. The second kappa shape index (κ2) is 5.01. The van der Waals surface area contributed by atoms with E-state index in [2.05, 4.69) is 5.32 Å². The van der Waals surface area contributed by atoms with Gasteiger partial charge in [-0.2, -0.15) is 0 Å². The highest BCUT2D eigenvalue weighted by atomic mass is 16.4. The van der Waals surface area contributed by atoms with Crippen LogP contribution < -0.4 is 5.32 Å². The molecule has 0 radical (unpaired) electrons. The van der Waals surface area contributed by atoms with Gasteiger partial charge >= 0.3 is 5.97 Å². The summed E-state index contributed by atoms with van der Waals surface area (Å²) in [6, 6.07) is 7.00. The Morgan fingerprint density at radius 3 is 2.81 bits per heavy atom. The number of aromatic carboxylic acids is 1. The van der Waals surface area contributed by atoms with Crippen molar-refractivity contribution in [3.63, 3.8) is 0 Å². The van der Waals surface area contributed by atoms with E-state index in [0.717, 1.165) is 18.2 Å². The number of carboxylic acid groups (broad SMARTS) is 1. The summed E-state index contributed by atoms with van der Waals surface area (Å²) in [6.07, 6.45) is 5.26. The number of anilines is 1. The second-order valence-electron chi connectivity index (χ2n) is 4.42. The lowest BCUT2D eigenvalue weighted by Gasteiger charge is -2.11. The topological polar surface area (TPSA) is 49.3 Å². The molecule has 2 rings (SSSR count). The Morgan fingerprint density at radius 1 is 1.38 bits per heavy atom. The first-order valence-electron chi connectivity index (χ1n) is 5.83. The van der Waals surface area contributed by atoms with Gasteiger partial charge in [-0.05, 0) is 37.0 Å². The minimum absolute atomic E-state index is 0.344. The number of carbonyl (C=O) groups is 1. The highest BCUT2D eigenvalue weighted by Crippen LogP contribution is 2.25. The SMILES string of the molecule is O=C(O)c1cccc(NCC2CCCC2)c1. The Morgan fingerprint density at radius 2 is 2.12 bits per heavy atom. The molecule has 0 spiro atoms. The van der Waals surface area contributed by atoms with Crippen LogP contribution in [-0.2, 0) is 0 Å². The average Bonchev–Trinajstić information content (AvgIpc) is 2.79. The molecule has 0 aromatic heterocycles. The molecule has 0 amide bonds. The fourth-order valence-electron chi connectivity index (χ4n) is 2.24. The van der Waals surface area contributed by atoms with E-state index in [4.69, 9.17) is 5.11 Å². The summed E-state index contributed by atoms with van der Waals surface area (Å²) < 4.78 is 0. The van der Waals surface area contributed by atoms with E-state index in [-0.39, 0.29) is 0 Å². The molecule has 2 N–H and O–H groups in total. The first-order chi connectivity index (χ1) is 7.75. The van der Waals surface area contributed by atoms with Crippen LogP contribution in [0.25, 0.3) is 0 Å². The lowest BCUT2D eigenvalue weighted by atomic mass is 10.1. The van der Waals surface area contributed by atoms with Gasteiger partial charge in [0.2, 0.25) is 0 Å². The zero-order chi connectivity index (χ0) is 11.4. The number of rotatable bonds is 4. The summed E-state index contributed by atoms with van der Waals surface area (Å²) in [5.74, 6) is -0.113. The average molecular weight is 219 g/mol. The molecule has 1 fully saturated rings. The molecule has 0 unspecified atom stereocenters. The monoisotopic (exact) mass is 219 g/mol. The van der Waals surface area contributed by atoms with E-state index in [1.807, 2.05) is 6.07 Å². The lowest BCUT2D eigenvalue weighted by Crippen LogP contribution is -2.11. The van der Waals surface area contributed by atoms with Crippen molar-refractivity contribution in [1.29, 1.82) is 0 Å². The fraction of sp³-hybridized carbons (Fsp3) is 0.462. The largest absolute Gasteiger partial charge is 0.478 e. The summed E-state index contributed by atoms with van der Waals surface area (Å²) in [5, 5.41) is 12.2. The smallest absolute Gasteiger partial charge is 0.335 e. The van der Waals surface area contributed by atoms with Gasteiger partial charge in [-0.1, -0.05) is 18.9 Å². The standard InChI is InChI=1S/C13H17NO2/c15-13(16)11-6-3-7-12(8-11)14-9-10-4-1-2-5-10/h3,6-8,10,14H,1-2,4-5,9H2,(H,15,16). The van der Waals surface area contributed by atoms with Crippen molar-refractivity contribution in [3.05, 3.63) is 29.8 Å². The van der Waals surface area contributed by atoms with Crippen molar-refractivity contribution in [3.8, 4) is 0 Å². The fourth-order valence-corrected chi connectivity index (χ4v) is 2.24. The highest BCUT2D eigenvalue weighted by molar-refractivity contribution is 5.88. The summed E-state index contributed by atoms with van der Waals surface area (Å²) in [6.45, 7) is 0.961. The van der Waals surface area contributed by atoms with Crippen LogP contribution in [0, 0.1) is 5.92 Å². The Kier molecular flexibility index (Phi) is 3.44. The van der Waals surface area contributed by atoms with Gasteiger partial charge in [0.25, 0.3) is 0 Å². The second-order valence-corrected chi connectivity index (χ2v) is 4.42. The summed E-state index contributed by atoms with van der Waals surface area (Å²) in [7, 11) is 0. The Hall–Kier alpha value is -1.51. The first-order valence-corrected chi connectivity index (χ1v) is 5.83. The molecular formula is C13H17NO2. The zero-order valence-corrected chi connectivity index (χ0v) is 9.28. The molecule has 0 heterocycles. The van der Waals surface area contributed by atoms with Crippen molar-refractivity contribution in [2.45, 2.75) is 25.7 Å². The van der Waals surface area contributed by atoms with E-state index >= 15 is 0 Å². The molecule has 0 saturated heterocycles. The molecular weight excluding hydrogens is 202 g/mol. The Labute approximate surface area is 95.5 Å². The number of hydrogen-bond donors (Lipinski definition) is 2. The third-order valence-electron chi connectivity index (χ3n) is 3.18. The van der Waals surface area contributed by atoms with Gasteiger partial charge in [0.05, 0.1) is 5.56 Å². The highest BCUT2D eigenvalue weighted by Gasteiger charge is 2.14. The quantitative estimate of drug-likeness (QED) is 0.818. The number of carboxylic acids is 1.